The fourth-order valence-corrected chi connectivity index (χ4v) is 2.71. The van der Waals surface area contributed by atoms with Gasteiger partial charge in [-0.15, -0.1) is 0 Å². The molecule has 2 heterocycles. The molecule has 1 unspecified atom stereocenters. The monoisotopic (exact) mass is 307 g/mol. The Morgan fingerprint density at radius 3 is 2.74 bits per heavy atom. The van der Waals surface area contributed by atoms with Crippen LogP contribution in [0.25, 0.3) is 5.69 Å². The second-order valence-corrected chi connectivity index (χ2v) is 5.84. The third-order valence-electron chi connectivity index (χ3n) is 4.19. The fourth-order valence-electron chi connectivity index (χ4n) is 2.71. The van der Waals surface area contributed by atoms with Crippen LogP contribution in [0.5, 0.6) is 0 Å². The molecule has 5 heteroatoms. The standard InChI is InChI=1S/C18H21N5/c1-14-9-16(6-7-18(14)23-13-20-12-21-23)11-22(3)15(2)17-5-4-8-19-10-17/h4-10,12-13,15H,11H2,1-3H3. The van der Waals surface area contributed by atoms with Crippen LogP contribution in [0.2, 0.25) is 0 Å². The zero-order valence-electron chi connectivity index (χ0n) is 13.7. The fraction of sp³-hybridized carbons (Fsp3) is 0.278. The van der Waals surface area contributed by atoms with Crippen LogP contribution < -0.4 is 0 Å². The Kier molecular flexibility index (Phi) is 4.48. The molecule has 0 aliphatic carbocycles. The molecule has 1 atom stereocenters. The molecule has 0 bridgehead atoms. The van der Waals surface area contributed by atoms with Crippen LogP contribution in [0.4, 0.5) is 0 Å². The predicted octanol–water partition coefficient (Wildman–Crippen LogP) is 3.16. The van der Waals surface area contributed by atoms with Crippen molar-refractivity contribution in [2.45, 2.75) is 26.4 Å². The summed E-state index contributed by atoms with van der Waals surface area (Å²) in [5, 5.41) is 4.19. The van der Waals surface area contributed by atoms with Gasteiger partial charge in [-0.1, -0.05) is 18.2 Å². The Hall–Kier alpha value is -2.53. The van der Waals surface area contributed by atoms with Gasteiger partial charge >= 0.3 is 0 Å². The van der Waals surface area contributed by atoms with Crippen molar-refractivity contribution in [2.75, 3.05) is 7.05 Å². The summed E-state index contributed by atoms with van der Waals surface area (Å²) < 4.78 is 1.79. The quantitative estimate of drug-likeness (QED) is 0.726. The summed E-state index contributed by atoms with van der Waals surface area (Å²) in [6, 6.07) is 10.9. The Bertz CT molecular complexity index is 752. The highest BCUT2D eigenvalue weighted by atomic mass is 15.3. The molecule has 0 saturated carbocycles. The molecule has 0 aliphatic heterocycles. The van der Waals surface area contributed by atoms with E-state index in [2.05, 4.69) is 65.1 Å². The van der Waals surface area contributed by atoms with Gasteiger partial charge in [-0.2, -0.15) is 5.10 Å². The third kappa shape index (κ3) is 3.46. The maximum absolute atomic E-state index is 4.21. The maximum atomic E-state index is 4.21. The Morgan fingerprint density at radius 2 is 2.09 bits per heavy atom. The van der Waals surface area contributed by atoms with Crippen molar-refractivity contribution in [2.24, 2.45) is 0 Å². The van der Waals surface area contributed by atoms with Gasteiger partial charge in [0.1, 0.15) is 12.7 Å². The molecule has 5 nitrogen and oxygen atoms in total. The van der Waals surface area contributed by atoms with E-state index in [0.717, 1.165) is 12.2 Å². The molecule has 0 N–H and O–H groups in total. The average molecular weight is 307 g/mol. The first-order valence-corrected chi connectivity index (χ1v) is 7.70. The highest BCUT2D eigenvalue weighted by molar-refractivity contribution is 5.41. The molecule has 0 aliphatic rings. The largest absolute Gasteiger partial charge is 0.295 e. The van der Waals surface area contributed by atoms with E-state index in [0.29, 0.717) is 6.04 Å². The molecule has 0 spiro atoms. The van der Waals surface area contributed by atoms with E-state index in [4.69, 9.17) is 0 Å². The molecular weight excluding hydrogens is 286 g/mol. The minimum absolute atomic E-state index is 0.319. The van der Waals surface area contributed by atoms with E-state index in [1.54, 1.807) is 17.3 Å². The Balaban J connectivity index is 1.74. The maximum Gasteiger partial charge on any atom is 0.138 e. The van der Waals surface area contributed by atoms with Crippen molar-refractivity contribution < 1.29 is 0 Å². The number of nitrogens with zero attached hydrogens (tertiary/aromatic N) is 5. The second-order valence-electron chi connectivity index (χ2n) is 5.84. The minimum Gasteiger partial charge on any atom is -0.295 e. The highest BCUT2D eigenvalue weighted by Gasteiger charge is 2.12. The predicted molar refractivity (Wildman–Crippen MR) is 90.2 cm³/mol. The normalized spacial score (nSPS) is 12.5. The van der Waals surface area contributed by atoms with E-state index >= 15 is 0 Å². The van der Waals surface area contributed by atoms with Crippen molar-refractivity contribution in [1.82, 2.24) is 24.6 Å². The average Bonchev–Trinajstić information content (AvgIpc) is 3.09. The lowest BCUT2D eigenvalue weighted by Gasteiger charge is -2.25. The summed E-state index contributed by atoms with van der Waals surface area (Å²) in [7, 11) is 2.14. The minimum atomic E-state index is 0.319. The molecular formula is C18H21N5. The number of hydrogen-bond acceptors (Lipinski definition) is 4. The second kappa shape index (κ2) is 6.71. The van der Waals surface area contributed by atoms with E-state index < -0.39 is 0 Å². The Morgan fingerprint density at radius 1 is 1.22 bits per heavy atom. The molecule has 3 aromatic rings. The van der Waals surface area contributed by atoms with E-state index in [-0.39, 0.29) is 0 Å². The van der Waals surface area contributed by atoms with Crippen molar-refractivity contribution in [3.63, 3.8) is 0 Å². The zero-order valence-corrected chi connectivity index (χ0v) is 13.7. The molecule has 2 aromatic heterocycles. The number of pyridine rings is 1. The lowest BCUT2D eigenvalue weighted by molar-refractivity contribution is 0.252. The first-order valence-electron chi connectivity index (χ1n) is 7.70. The van der Waals surface area contributed by atoms with Crippen molar-refractivity contribution in [3.05, 3.63) is 72.1 Å². The molecule has 3 rings (SSSR count). The SMILES string of the molecule is Cc1cc(CN(C)C(C)c2cccnc2)ccc1-n1cncn1. The van der Waals surface area contributed by atoms with Crippen molar-refractivity contribution in [3.8, 4) is 5.69 Å². The summed E-state index contributed by atoms with van der Waals surface area (Å²) in [5.41, 5.74) is 4.76. The van der Waals surface area contributed by atoms with Gasteiger partial charge in [0.2, 0.25) is 0 Å². The van der Waals surface area contributed by atoms with Crippen LogP contribution in [-0.4, -0.2) is 31.7 Å². The van der Waals surface area contributed by atoms with Crippen molar-refractivity contribution >= 4 is 0 Å². The lowest BCUT2D eigenvalue weighted by atomic mass is 10.1. The molecule has 1 aromatic carbocycles. The van der Waals surface area contributed by atoms with Crippen LogP contribution in [0.15, 0.2) is 55.4 Å². The first-order chi connectivity index (χ1) is 11.1. The van der Waals surface area contributed by atoms with E-state index in [9.17, 15) is 0 Å². The zero-order chi connectivity index (χ0) is 16.2. The van der Waals surface area contributed by atoms with E-state index in [1.165, 1.54) is 16.7 Å². The van der Waals surface area contributed by atoms with Gasteiger partial charge < -0.3 is 0 Å². The molecule has 23 heavy (non-hydrogen) atoms. The van der Waals surface area contributed by atoms with Crippen LogP contribution in [0.1, 0.15) is 29.7 Å². The van der Waals surface area contributed by atoms with Gasteiger partial charge in [-0.25, -0.2) is 9.67 Å². The molecule has 0 amide bonds. The number of aromatic nitrogens is 4. The molecule has 118 valence electrons. The van der Waals surface area contributed by atoms with Crippen LogP contribution in [-0.2, 0) is 6.54 Å². The summed E-state index contributed by atoms with van der Waals surface area (Å²) in [6.45, 7) is 5.19. The van der Waals surface area contributed by atoms with Gasteiger partial charge in [0, 0.05) is 25.0 Å². The third-order valence-corrected chi connectivity index (χ3v) is 4.19. The Labute approximate surface area is 136 Å². The summed E-state index contributed by atoms with van der Waals surface area (Å²) in [4.78, 5) is 10.5. The number of rotatable bonds is 5. The molecule has 0 radical (unpaired) electrons. The smallest absolute Gasteiger partial charge is 0.138 e. The molecule has 0 saturated heterocycles. The topological polar surface area (TPSA) is 46.8 Å². The van der Waals surface area contributed by atoms with Crippen LogP contribution in [0, 0.1) is 6.92 Å². The van der Waals surface area contributed by atoms with Gasteiger partial charge in [-0.3, -0.25) is 9.88 Å². The van der Waals surface area contributed by atoms with E-state index in [1.807, 2.05) is 18.5 Å². The number of hydrogen-bond donors (Lipinski definition) is 0. The van der Waals surface area contributed by atoms with Crippen LogP contribution >= 0.6 is 0 Å². The summed E-state index contributed by atoms with van der Waals surface area (Å²) in [5.74, 6) is 0. The number of aryl methyl sites for hydroxylation is 1. The van der Waals surface area contributed by atoms with Crippen molar-refractivity contribution in [1.29, 1.82) is 0 Å². The molecule has 0 fully saturated rings. The lowest BCUT2D eigenvalue weighted by Crippen LogP contribution is -2.22. The van der Waals surface area contributed by atoms with Gasteiger partial charge in [0.05, 0.1) is 5.69 Å². The highest BCUT2D eigenvalue weighted by Crippen LogP contribution is 2.21. The van der Waals surface area contributed by atoms with Gasteiger partial charge in [0.25, 0.3) is 0 Å². The summed E-state index contributed by atoms with van der Waals surface area (Å²) >= 11 is 0. The first kappa shape index (κ1) is 15.4. The van der Waals surface area contributed by atoms with Gasteiger partial charge in [-0.05, 0) is 49.7 Å². The van der Waals surface area contributed by atoms with Gasteiger partial charge in [0.15, 0.2) is 0 Å². The summed E-state index contributed by atoms with van der Waals surface area (Å²) in [6.07, 6.45) is 7.01. The van der Waals surface area contributed by atoms with Crippen LogP contribution in [0.3, 0.4) is 0 Å². The number of benzene rings is 1.